The maximum atomic E-state index is 5.89. The standard InChI is InChI=1S/C16H20N2O3S/c1-19-12-4-3-5-13(20-2)16(12)21-9-7-15-18-11-6-8-17-10-14(11)22-15/h3-5,17H,6-10H2,1-2H3. The molecule has 1 aromatic heterocycles. The van der Waals surface area contributed by atoms with Gasteiger partial charge in [-0.3, -0.25) is 0 Å². The van der Waals surface area contributed by atoms with E-state index in [1.54, 1.807) is 25.6 Å². The number of rotatable bonds is 6. The lowest BCUT2D eigenvalue weighted by Crippen LogP contribution is -2.22. The number of thiazole rings is 1. The van der Waals surface area contributed by atoms with Crippen molar-refractivity contribution in [1.82, 2.24) is 10.3 Å². The third-order valence-corrected chi connectivity index (χ3v) is 4.75. The fraction of sp³-hybridized carbons (Fsp3) is 0.438. The number of nitrogens with zero attached hydrogens (tertiary/aromatic N) is 1. The molecular weight excluding hydrogens is 300 g/mol. The second kappa shape index (κ2) is 6.98. The quantitative estimate of drug-likeness (QED) is 0.886. The molecule has 1 aromatic carbocycles. The molecule has 0 spiro atoms. The fourth-order valence-corrected chi connectivity index (χ4v) is 3.55. The molecule has 0 saturated heterocycles. The molecule has 2 heterocycles. The van der Waals surface area contributed by atoms with Crippen LogP contribution in [0.25, 0.3) is 0 Å². The van der Waals surface area contributed by atoms with E-state index in [4.69, 9.17) is 19.2 Å². The number of para-hydroxylation sites is 1. The summed E-state index contributed by atoms with van der Waals surface area (Å²) >= 11 is 1.77. The van der Waals surface area contributed by atoms with Gasteiger partial charge in [0, 0.05) is 30.8 Å². The van der Waals surface area contributed by atoms with Gasteiger partial charge in [0.05, 0.1) is 31.5 Å². The molecule has 0 atom stereocenters. The molecule has 6 heteroatoms. The average molecular weight is 320 g/mol. The number of benzene rings is 1. The van der Waals surface area contributed by atoms with Crippen molar-refractivity contribution in [2.24, 2.45) is 0 Å². The number of ether oxygens (including phenoxy) is 3. The van der Waals surface area contributed by atoms with Crippen LogP contribution in [-0.2, 0) is 19.4 Å². The summed E-state index contributed by atoms with van der Waals surface area (Å²) in [5.74, 6) is 2.01. The Bertz CT molecular complexity index is 597. The van der Waals surface area contributed by atoms with Crippen LogP contribution in [0.5, 0.6) is 17.2 Å². The normalized spacial score (nSPS) is 13.5. The van der Waals surface area contributed by atoms with E-state index in [0.29, 0.717) is 23.9 Å². The molecule has 0 saturated carbocycles. The maximum Gasteiger partial charge on any atom is 0.203 e. The van der Waals surface area contributed by atoms with Gasteiger partial charge in [0.2, 0.25) is 5.75 Å². The lowest BCUT2D eigenvalue weighted by molar-refractivity contribution is 0.277. The molecular formula is C16H20N2O3S. The number of methoxy groups -OCH3 is 2. The van der Waals surface area contributed by atoms with Crippen LogP contribution in [0.4, 0.5) is 0 Å². The van der Waals surface area contributed by atoms with Gasteiger partial charge in [0.25, 0.3) is 0 Å². The number of aromatic nitrogens is 1. The molecule has 1 aliphatic heterocycles. The summed E-state index contributed by atoms with van der Waals surface area (Å²) in [6.45, 7) is 2.51. The highest BCUT2D eigenvalue weighted by atomic mass is 32.1. The first-order valence-corrected chi connectivity index (χ1v) is 8.15. The van der Waals surface area contributed by atoms with Gasteiger partial charge in [-0.05, 0) is 12.1 Å². The summed E-state index contributed by atoms with van der Waals surface area (Å²) in [6.07, 6.45) is 1.81. The van der Waals surface area contributed by atoms with Crippen LogP contribution in [0, 0.1) is 0 Å². The molecule has 0 radical (unpaired) electrons. The molecule has 0 unspecified atom stereocenters. The molecule has 0 amide bonds. The molecule has 118 valence electrons. The first-order chi connectivity index (χ1) is 10.8. The highest BCUT2D eigenvalue weighted by Crippen LogP contribution is 2.36. The molecule has 0 fully saturated rings. The van der Waals surface area contributed by atoms with Gasteiger partial charge in [-0.15, -0.1) is 11.3 Å². The van der Waals surface area contributed by atoms with Crippen molar-refractivity contribution in [2.45, 2.75) is 19.4 Å². The second-order valence-corrected chi connectivity index (χ2v) is 6.16. The summed E-state index contributed by atoms with van der Waals surface area (Å²) in [6, 6.07) is 5.61. The summed E-state index contributed by atoms with van der Waals surface area (Å²) in [5, 5.41) is 4.50. The predicted molar refractivity (Wildman–Crippen MR) is 86.3 cm³/mol. The minimum absolute atomic E-state index is 0.552. The smallest absolute Gasteiger partial charge is 0.203 e. The van der Waals surface area contributed by atoms with E-state index in [1.807, 2.05) is 18.2 Å². The van der Waals surface area contributed by atoms with E-state index in [0.717, 1.165) is 30.9 Å². The maximum absolute atomic E-state index is 5.89. The highest BCUT2D eigenvalue weighted by Gasteiger charge is 2.15. The van der Waals surface area contributed by atoms with E-state index in [2.05, 4.69) is 5.32 Å². The Morgan fingerprint density at radius 3 is 2.68 bits per heavy atom. The molecule has 2 aromatic rings. The van der Waals surface area contributed by atoms with Crippen LogP contribution in [0.2, 0.25) is 0 Å². The van der Waals surface area contributed by atoms with Crippen LogP contribution < -0.4 is 19.5 Å². The van der Waals surface area contributed by atoms with E-state index < -0.39 is 0 Å². The number of nitrogens with one attached hydrogen (secondary N) is 1. The van der Waals surface area contributed by atoms with Crippen LogP contribution in [0.15, 0.2) is 18.2 Å². The third kappa shape index (κ3) is 3.18. The van der Waals surface area contributed by atoms with Gasteiger partial charge in [0.1, 0.15) is 0 Å². The Morgan fingerprint density at radius 1 is 1.23 bits per heavy atom. The number of hydrogen-bond donors (Lipinski definition) is 1. The third-order valence-electron chi connectivity index (χ3n) is 3.59. The van der Waals surface area contributed by atoms with Gasteiger partial charge >= 0.3 is 0 Å². The van der Waals surface area contributed by atoms with Crippen LogP contribution >= 0.6 is 11.3 Å². The van der Waals surface area contributed by atoms with E-state index in [9.17, 15) is 0 Å². The predicted octanol–water partition coefficient (Wildman–Crippen LogP) is 2.43. The van der Waals surface area contributed by atoms with Crippen molar-refractivity contribution >= 4 is 11.3 Å². The first kappa shape index (κ1) is 15.1. The molecule has 5 nitrogen and oxygen atoms in total. The summed E-state index contributed by atoms with van der Waals surface area (Å²) in [7, 11) is 3.26. The number of fused-ring (bicyclic) bond motifs is 1. The summed E-state index contributed by atoms with van der Waals surface area (Å²) in [5.41, 5.74) is 1.24. The molecule has 1 N–H and O–H groups in total. The average Bonchev–Trinajstić information content (AvgIpc) is 2.97. The van der Waals surface area contributed by atoms with Crippen LogP contribution in [0.3, 0.4) is 0 Å². The molecule has 0 bridgehead atoms. The monoisotopic (exact) mass is 320 g/mol. The second-order valence-electron chi connectivity index (χ2n) is 4.99. The van der Waals surface area contributed by atoms with Crippen LogP contribution in [0.1, 0.15) is 15.6 Å². The Balaban J connectivity index is 1.64. The SMILES string of the molecule is COc1cccc(OC)c1OCCc1nc2c(s1)CNCC2. The molecule has 22 heavy (non-hydrogen) atoms. The molecule has 1 aliphatic rings. The topological polar surface area (TPSA) is 52.6 Å². The minimum Gasteiger partial charge on any atom is -0.493 e. The van der Waals surface area contributed by atoms with Crippen molar-refractivity contribution in [2.75, 3.05) is 27.4 Å². The summed E-state index contributed by atoms with van der Waals surface area (Å²) < 4.78 is 16.5. The van der Waals surface area contributed by atoms with Gasteiger partial charge in [-0.1, -0.05) is 6.07 Å². The van der Waals surface area contributed by atoms with E-state index in [-0.39, 0.29) is 0 Å². The van der Waals surface area contributed by atoms with E-state index in [1.165, 1.54) is 10.6 Å². The Kier molecular flexibility index (Phi) is 4.80. The van der Waals surface area contributed by atoms with Gasteiger partial charge in [-0.25, -0.2) is 4.98 Å². The zero-order chi connectivity index (χ0) is 15.4. The van der Waals surface area contributed by atoms with Gasteiger partial charge in [-0.2, -0.15) is 0 Å². The first-order valence-electron chi connectivity index (χ1n) is 7.33. The van der Waals surface area contributed by atoms with Crippen LogP contribution in [-0.4, -0.2) is 32.4 Å². The van der Waals surface area contributed by atoms with Gasteiger partial charge in [0.15, 0.2) is 11.5 Å². The van der Waals surface area contributed by atoms with Crippen molar-refractivity contribution in [3.8, 4) is 17.2 Å². The molecule has 0 aliphatic carbocycles. The van der Waals surface area contributed by atoms with Crippen molar-refractivity contribution in [1.29, 1.82) is 0 Å². The van der Waals surface area contributed by atoms with Gasteiger partial charge < -0.3 is 19.5 Å². The zero-order valence-corrected chi connectivity index (χ0v) is 13.7. The lowest BCUT2D eigenvalue weighted by atomic mass is 10.2. The summed E-state index contributed by atoms with van der Waals surface area (Å²) in [4.78, 5) is 6.06. The van der Waals surface area contributed by atoms with Crippen molar-refractivity contribution in [3.63, 3.8) is 0 Å². The minimum atomic E-state index is 0.552. The Hall–Kier alpha value is -1.79. The van der Waals surface area contributed by atoms with Crippen molar-refractivity contribution < 1.29 is 14.2 Å². The molecule has 3 rings (SSSR count). The Morgan fingerprint density at radius 2 is 2.00 bits per heavy atom. The fourth-order valence-electron chi connectivity index (χ4n) is 2.49. The lowest BCUT2D eigenvalue weighted by Gasteiger charge is -2.13. The largest absolute Gasteiger partial charge is 0.493 e. The number of hydrogen-bond acceptors (Lipinski definition) is 6. The zero-order valence-electron chi connectivity index (χ0n) is 12.8. The van der Waals surface area contributed by atoms with E-state index >= 15 is 0 Å². The Labute approximate surface area is 134 Å². The van der Waals surface area contributed by atoms with Crippen molar-refractivity contribution in [3.05, 3.63) is 33.8 Å². The highest BCUT2D eigenvalue weighted by molar-refractivity contribution is 7.11.